The summed E-state index contributed by atoms with van der Waals surface area (Å²) in [5, 5.41) is 0. The van der Waals surface area contributed by atoms with Gasteiger partial charge in [-0.3, -0.25) is 0 Å². The number of nitrogens with two attached hydrogens (primary N) is 1. The lowest BCUT2D eigenvalue weighted by Gasteiger charge is -2.25. The highest BCUT2D eigenvalue weighted by molar-refractivity contribution is 7.53. The SMILES string of the molecule is NCCCP1CCO1. The third-order valence-electron chi connectivity index (χ3n) is 1.23. The van der Waals surface area contributed by atoms with Gasteiger partial charge < -0.3 is 10.3 Å². The third-order valence-corrected chi connectivity index (χ3v) is 3.27. The van der Waals surface area contributed by atoms with Crippen LogP contribution in [-0.2, 0) is 4.52 Å². The standard InChI is InChI=1S/C5H12NOP/c6-2-1-4-8-5-3-7-8/h1-6H2. The molecule has 0 aromatic carbocycles. The zero-order valence-electron chi connectivity index (χ0n) is 4.97. The second kappa shape index (κ2) is 3.39. The summed E-state index contributed by atoms with van der Waals surface area (Å²) in [6, 6.07) is 0. The van der Waals surface area contributed by atoms with Crippen LogP contribution >= 0.6 is 8.15 Å². The van der Waals surface area contributed by atoms with Gasteiger partial charge in [-0.2, -0.15) is 0 Å². The van der Waals surface area contributed by atoms with Gasteiger partial charge in [0.1, 0.15) is 0 Å². The Morgan fingerprint density at radius 1 is 1.62 bits per heavy atom. The second-order valence-electron chi connectivity index (χ2n) is 1.90. The monoisotopic (exact) mass is 133 g/mol. The summed E-state index contributed by atoms with van der Waals surface area (Å²) in [6.45, 7) is 1.82. The van der Waals surface area contributed by atoms with Crippen molar-refractivity contribution < 1.29 is 4.52 Å². The minimum atomic E-state index is 0.0163. The first-order valence-corrected chi connectivity index (χ1v) is 4.64. The molecule has 0 saturated carbocycles. The zero-order valence-corrected chi connectivity index (χ0v) is 5.86. The third kappa shape index (κ3) is 1.70. The fraction of sp³-hybridized carbons (Fsp3) is 1.00. The predicted octanol–water partition coefficient (Wildman–Crippen LogP) is 0.762. The summed E-state index contributed by atoms with van der Waals surface area (Å²) in [4.78, 5) is 0. The molecule has 0 aliphatic carbocycles. The molecule has 1 atom stereocenters. The normalized spacial score (nSPS) is 27.4. The van der Waals surface area contributed by atoms with E-state index in [2.05, 4.69) is 0 Å². The van der Waals surface area contributed by atoms with Gasteiger partial charge in [0, 0.05) is 14.3 Å². The van der Waals surface area contributed by atoms with Gasteiger partial charge in [0.25, 0.3) is 0 Å². The lowest BCUT2D eigenvalue weighted by Crippen LogP contribution is -2.12. The molecule has 0 aromatic rings. The Balaban J connectivity index is 1.86. The van der Waals surface area contributed by atoms with Crippen molar-refractivity contribution in [3.63, 3.8) is 0 Å². The van der Waals surface area contributed by atoms with Crippen LogP contribution in [-0.4, -0.2) is 25.5 Å². The van der Waals surface area contributed by atoms with E-state index in [0.717, 1.165) is 19.6 Å². The molecule has 0 bridgehead atoms. The molecule has 0 amide bonds. The van der Waals surface area contributed by atoms with Crippen molar-refractivity contribution in [3.05, 3.63) is 0 Å². The van der Waals surface area contributed by atoms with Crippen LogP contribution in [0.4, 0.5) is 0 Å². The molecule has 2 nitrogen and oxygen atoms in total. The molecule has 1 aliphatic rings. The lowest BCUT2D eigenvalue weighted by molar-refractivity contribution is 0.328. The predicted molar refractivity (Wildman–Crippen MR) is 36.3 cm³/mol. The molecular formula is C5H12NOP. The van der Waals surface area contributed by atoms with Gasteiger partial charge in [-0.05, 0) is 19.1 Å². The van der Waals surface area contributed by atoms with Gasteiger partial charge in [0.05, 0.1) is 6.61 Å². The number of hydrogen-bond acceptors (Lipinski definition) is 2. The highest BCUT2D eigenvalue weighted by Gasteiger charge is 2.16. The first-order valence-electron chi connectivity index (χ1n) is 3.01. The summed E-state index contributed by atoms with van der Waals surface area (Å²) >= 11 is 0. The molecule has 1 heterocycles. The maximum atomic E-state index is 5.31. The van der Waals surface area contributed by atoms with E-state index in [0.29, 0.717) is 0 Å². The van der Waals surface area contributed by atoms with Crippen molar-refractivity contribution in [2.24, 2.45) is 5.73 Å². The Labute approximate surface area is 51.2 Å². The molecule has 0 spiro atoms. The number of rotatable bonds is 3. The first kappa shape index (κ1) is 6.47. The average Bonchev–Trinajstić information content (AvgIpc) is 1.63. The van der Waals surface area contributed by atoms with E-state index in [-0.39, 0.29) is 8.15 Å². The van der Waals surface area contributed by atoms with Crippen LogP contribution in [0.1, 0.15) is 6.42 Å². The van der Waals surface area contributed by atoms with Crippen LogP contribution in [0.3, 0.4) is 0 Å². The van der Waals surface area contributed by atoms with Crippen molar-refractivity contribution in [1.82, 2.24) is 0 Å². The molecule has 1 unspecified atom stereocenters. The average molecular weight is 133 g/mol. The Morgan fingerprint density at radius 3 is 2.75 bits per heavy atom. The van der Waals surface area contributed by atoms with Crippen LogP contribution < -0.4 is 5.73 Å². The van der Waals surface area contributed by atoms with Crippen molar-refractivity contribution in [2.75, 3.05) is 25.5 Å². The van der Waals surface area contributed by atoms with Crippen molar-refractivity contribution >= 4 is 8.15 Å². The molecule has 1 aliphatic heterocycles. The Morgan fingerprint density at radius 2 is 2.38 bits per heavy atom. The molecular weight excluding hydrogens is 121 g/mol. The van der Waals surface area contributed by atoms with Gasteiger partial charge in [0.15, 0.2) is 0 Å². The highest BCUT2D eigenvalue weighted by atomic mass is 31.1. The minimum Gasteiger partial charge on any atom is -0.359 e. The second-order valence-corrected chi connectivity index (χ2v) is 4.02. The van der Waals surface area contributed by atoms with E-state index in [1.807, 2.05) is 0 Å². The fourth-order valence-electron chi connectivity index (χ4n) is 0.664. The molecule has 2 N–H and O–H groups in total. The summed E-state index contributed by atoms with van der Waals surface area (Å²) < 4.78 is 5.24. The molecule has 0 radical (unpaired) electrons. The smallest absolute Gasteiger partial charge is 0.0569 e. The van der Waals surface area contributed by atoms with Crippen LogP contribution in [0.5, 0.6) is 0 Å². The Bertz CT molecular complexity index is 65.4. The Kier molecular flexibility index (Phi) is 2.74. The maximum Gasteiger partial charge on any atom is 0.0569 e. The molecule has 3 heteroatoms. The maximum absolute atomic E-state index is 5.31. The van der Waals surface area contributed by atoms with Crippen LogP contribution in [0.15, 0.2) is 0 Å². The molecule has 48 valence electrons. The van der Waals surface area contributed by atoms with E-state index in [9.17, 15) is 0 Å². The largest absolute Gasteiger partial charge is 0.359 e. The first-order chi connectivity index (χ1) is 3.93. The fourth-order valence-corrected chi connectivity index (χ4v) is 1.99. The van der Waals surface area contributed by atoms with Crippen molar-refractivity contribution in [1.29, 1.82) is 0 Å². The summed E-state index contributed by atoms with van der Waals surface area (Å²) in [5.41, 5.74) is 5.31. The molecule has 8 heavy (non-hydrogen) atoms. The van der Waals surface area contributed by atoms with Crippen LogP contribution in [0.2, 0.25) is 0 Å². The summed E-state index contributed by atoms with van der Waals surface area (Å²) in [6.07, 6.45) is 3.69. The van der Waals surface area contributed by atoms with Gasteiger partial charge in [-0.1, -0.05) is 0 Å². The van der Waals surface area contributed by atoms with E-state index in [4.69, 9.17) is 10.3 Å². The molecule has 1 rings (SSSR count). The lowest BCUT2D eigenvalue weighted by atomic mass is 10.5. The quantitative estimate of drug-likeness (QED) is 0.577. The highest BCUT2D eigenvalue weighted by Crippen LogP contribution is 2.44. The van der Waals surface area contributed by atoms with E-state index >= 15 is 0 Å². The van der Waals surface area contributed by atoms with Gasteiger partial charge in [-0.25, -0.2) is 0 Å². The van der Waals surface area contributed by atoms with Gasteiger partial charge >= 0.3 is 0 Å². The van der Waals surface area contributed by atoms with Crippen molar-refractivity contribution in [3.8, 4) is 0 Å². The van der Waals surface area contributed by atoms with Gasteiger partial charge in [0.2, 0.25) is 0 Å². The summed E-state index contributed by atoms with van der Waals surface area (Å²) in [5.74, 6) is 0. The van der Waals surface area contributed by atoms with E-state index < -0.39 is 0 Å². The van der Waals surface area contributed by atoms with Crippen LogP contribution in [0.25, 0.3) is 0 Å². The van der Waals surface area contributed by atoms with Gasteiger partial charge in [-0.15, -0.1) is 0 Å². The number of hydrogen-bond donors (Lipinski definition) is 1. The van der Waals surface area contributed by atoms with E-state index in [1.165, 1.54) is 12.3 Å². The Hall–Kier alpha value is 0.350. The van der Waals surface area contributed by atoms with E-state index in [1.54, 1.807) is 0 Å². The summed E-state index contributed by atoms with van der Waals surface area (Å²) in [7, 11) is 0.0163. The molecule has 1 saturated heterocycles. The molecule has 0 aromatic heterocycles. The minimum absolute atomic E-state index is 0.0163. The van der Waals surface area contributed by atoms with Crippen LogP contribution in [0, 0.1) is 0 Å². The van der Waals surface area contributed by atoms with Crippen molar-refractivity contribution in [2.45, 2.75) is 6.42 Å². The molecule has 1 fully saturated rings. The topological polar surface area (TPSA) is 35.2 Å². The zero-order chi connectivity index (χ0) is 5.82.